The molecule has 0 aliphatic heterocycles. The van der Waals surface area contributed by atoms with Gasteiger partial charge in [0, 0.05) is 13.1 Å². The second-order valence-electron chi connectivity index (χ2n) is 5.83. The fourth-order valence-corrected chi connectivity index (χ4v) is 3.17. The van der Waals surface area contributed by atoms with Crippen LogP contribution in [0.1, 0.15) is 50.2 Å². The first-order chi connectivity index (χ1) is 9.15. The van der Waals surface area contributed by atoms with E-state index in [0.29, 0.717) is 6.04 Å². The van der Waals surface area contributed by atoms with Crippen molar-refractivity contribution < 1.29 is 0 Å². The maximum absolute atomic E-state index is 9.26. The van der Waals surface area contributed by atoms with E-state index in [-0.39, 0.29) is 0 Å². The first-order valence-corrected chi connectivity index (χ1v) is 7.39. The Hall–Kier alpha value is -1.49. The molecule has 0 aromatic heterocycles. The van der Waals surface area contributed by atoms with Crippen molar-refractivity contribution in [2.24, 2.45) is 5.92 Å². The van der Waals surface area contributed by atoms with Gasteiger partial charge in [-0.25, -0.2) is 0 Å². The standard InChI is InChI=1S/C17H24N2/c1-4-14-6-9-16(10-7-14)19(3)17-11-13(2)5-8-15(17)12-18/h5,8,11,14,16H,4,6-7,9-10H2,1-3H3. The summed E-state index contributed by atoms with van der Waals surface area (Å²) in [5, 5.41) is 9.26. The van der Waals surface area contributed by atoms with E-state index in [1.54, 1.807) is 0 Å². The third kappa shape index (κ3) is 3.10. The van der Waals surface area contributed by atoms with Gasteiger partial charge in [-0.05, 0) is 56.2 Å². The van der Waals surface area contributed by atoms with Gasteiger partial charge >= 0.3 is 0 Å². The zero-order chi connectivity index (χ0) is 13.8. The molecular formula is C17H24N2. The lowest BCUT2D eigenvalue weighted by Gasteiger charge is -2.36. The third-order valence-corrected chi connectivity index (χ3v) is 4.60. The molecule has 1 fully saturated rings. The van der Waals surface area contributed by atoms with E-state index in [0.717, 1.165) is 17.2 Å². The van der Waals surface area contributed by atoms with Crippen LogP contribution in [-0.2, 0) is 0 Å². The van der Waals surface area contributed by atoms with Gasteiger partial charge in [0.1, 0.15) is 6.07 Å². The van der Waals surface area contributed by atoms with Crippen LogP contribution >= 0.6 is 0 Å². The normalized spacial score (nSPS) is 22.8. The minimum absolute atomic E-state index is 0.594. The van der Waals surface area contributed by atoms with Gasteiger partial charge in [0.2, 0.25) is 0 Å². The SMILES string of the molecule is CCC1CCC(N(C)c2cc(C)ccc2C#N)CC1. The molecule has 1 aromatic carbocycles. The van der Waals surface area contributed by atoms with Crippen LogP contribution in [0.2, 0.25) is 0 Å². The van der Waals surface area contributed by atoms with E-state index in [2.05, 4.69) is 37.9 Å². The van der Waals surface area contributed by atoms with E-state index in [1.165, 1.54) is 37.7 Å². The third-order valence-electron chi connectivity index (χ3n) is 4.60. The van der Waals surface area contributed by atoms with Crippen molar-refractivity contribution in [2.75, 3.05) is 11.9 Å². The van der Waals surface area contributed by atoms with Gasteiger partial charge in [0.15, 0.2) is 0 Å². The van der Waals surface area contributed by atoms with Crippen LogP contribution in [0.4, 0.5) is 5.69 Å². The van der Waals surface area contributed by atoms with Gasteiger partial charge in [-0.2, -0.15) is 5.26 Å². The van der Waals surface area contributed by atoms with Gasteiger partial charge < -0.3 is 4.90 Å². The van der Waals surface area contributed by atoms with Crippen molar-refractivity contribution >= 4 is 5.69 Å². The molecule has 1 aliphatic carbocycles. The largest absolute Gasteiger partial charge is 0.371 e. The first kappa shape index (κ1) is 13.9. The van der Waals surface area contributed by atoms with Crippen LogP contribution in [0.15, 0.2) is 18.2 Å². The molecule has 0 atom stereocenters. The van der Waals surface area contributed by atoms with Crippen molar-refractivity contribution in [3.63, 3.8) is 0 Å². The lowest BCUT2D eigenvalue weighted by Crippen LogP contribution is -2.35. The van der Waals surface area contributed by atoms with Crippen LogP contribution in [0.3, 0.4) is 0 Å². The van der Waals surface area contributed by atoms with Crippen LogP contribution in [0.25, 0.3) is 0 Å². The number of aryl methyl sites for hydroxylation is 1. The van der Waals surface area contributed by atoms with E-state index in [1.807, 2.05) is 12.1 Å². The second kappa shape index (κ2) is 6.10. The van der Waals surface area contributed by atoms with E-state index in [9.17, 15) is 5.26 Å². The maximum Gasteiger partial charge on any atom is 0.101 e. The number of anilines is 1. The van der Waals surface area contributed by atoms with Crippen molar-refractivity contribution in [2.45, 2.75) is 52.0 Å². The topological polar surface area (TPSA) is 27.0 Å². The Morgan fingerprint density at radius 3 is 2.53 bits per heavy atom. The van der Waals surface area contributed by atoms with Gasteiger partial charge in [0.05, 0.1) is 11.3 Å². The Bertz CT molecular complexity index is 465. The van der Waals surface area contributed by atoms with E-state index in [4.69, 9.17) is 0 Å². The van der Waals surface area contributed by atoms with Crippen molar-refractivity contribution in [1.29, 1.82) is 5.26 Å². The Balaban J connectivity index is 2.14. The summed E-state index contributed by atoms with van der Waals surface area (Å²) in [7, 11) is 2.15. The molecule has 0 saturated heterocycles. The number of hydrogen-bond donors (Lipinski definition) is 0. The summed E-state index contributed by atoms with van der Waals surface area (Å²) in [6, 6.07) is 9.02. The number of nitriles is 1. The van der Waals surface area contributed by atoms with Crippen molar-refractivity contribution in [3.8, 4) is 6.07 Å². The molecule has 1 aliphatic rings. The molecule has 102 valence electrons. The zero-order valence-electron chi connectivity index (χ0n) is 12.3. The summed E-state index contributed by atoms with van der Waals surface area (Å²) in [6.45, 7) is 4.38. The fraction of sp³-hybridized carbons (Fsp3) is 0.588. The van der Waals surface area contributed by atoms with Crippen LogP contribution < -0.4 is 4.90 Å². The molecule has 0 bridgehead atoms. The van der Waals surface area contributed by atoms with E-state index < -0.39 is 0 Å². The highest BCUT2D eigenvalue weighted by Crippen LogP contribution is 2.32. The molecule has 0 N–H and O–H groups in total. The lowest BCUT2D eigenvalue weighted by atomic mass is 9.84. The summed E-state index contributed by atoms with van der Waals surface area (Å²) in [4.78, 5) is 2.33. The van der Waals surface area contributed by atoms with Crippen LogP contribution in [-0.4, -0.2) is 13.1 Å². The summed E-state index contributed by atoms with van der Waals surface area (Å²) < 4.78 is 0. The summed E-state index contributed by atoms with van der Waals surface area (Å²) >= 11 is 0. The Labute approximate surface area is 117 Å². The predicted molar refractivity (Wildman–Crippen MR) is 80.3 cm³/mol. The van der Waals surface area contributed by atoms with Gasteiger partial charge in [-0.15, -0.1) is 0 Å². The monoisotopic (exact) mass is 256 g/mol. The highest BCUT2D eigenvalue weighted by molar-refractivity contribution is 5.60. The number of hydrogen-bond acceptors (Lipinski definition) is 2. The highest BCUT2D eigenvalue weighted by Gasteiger charge is 2.24. The lowest BCUT2D eigenvalue weighted by molar-refractivity contribution is 0.313. The number of nitrogens with zero attached hydrogens (tertiary/aromatic N) is 2. The molecule has 1 saturated carbocycles. The molecule has 0 heterocycles. The molecule has 1 aromatic rings. The molecule has 0 amide bonds. The molecule has 2 heteroatoms. The molecular weight excluding hydrogens is 232 g/mol. The average molecular weight is 256 g/mol. The van der Waals surface area contributed by atoms with E-state index >= 15 is 0 Å². The molecule has 19 heavy (non-hydrogen) atoms. The predicted octanol–water partition coefficient (Wildman–Crippen LogP) is 4.27. The Morgan fingerprint density at radius 1 is 1.26 bits per heavy atom. The van der Waals surface area contributed by atoms with Crippen LogP contribution in [0, 0.1) is 24.2 Å². The quantitative estimate of drug-likeness (QED) is 0.807. The first-order valence-electron chi connectivity index (χ1n) is 7.39. The Morgan fingerprint density at radius 2 is 1.95 bits per heavy atom. The molecule has 0 spiro atoms. The zero-order valence-corrected chi connectivity index (χ0v) is 12.3. The van der Waals surface area contributed by atoms with Gasteiger partial charge in [0.25, 0.3) is 0 Å². The van der Waals surface area contributed by atoms with Crippen molar-refractivity contribution in [1.82, 2.24) is 0 Å². The molecule has 2 rings (SSSR count). The van der Waals surface area contributed by atoms with Crippen LogP contribution in [0.5, 0.6) is 0 Å². The molecule has 0 unspecified atom stereocenters. The highest BCUT2D eigenvalue weighted by atomic mass is 15.1. The fourth-order valence-electron chi connectivity index (χ4n) is 3.17. The number of rotatable bonds is 3. The minimum atomic E-state index is 0.594. The molecule has 0 radical (unpaired) electrons. The smallest absolute Gasteiger partial charge is 0.101 e. The average Bonchev–Trinajstić information content (AvgIpc) is 2.46. The summed E-state index contributed by atoms with van der Waals surface area (Å²) in [5.41, 5.74) is 3.12. The second-order valence-corrected chi connectivity index (χ2v) is 5.83. The number of benzene rings is 1. The minimum Gasteiger partial charge on any atom is -0.371 e. The van der Waals surface area contributed by atoms with Crippen molar-refractivity contribution in [3.05, 3.63) is 29.3 Å². The molecule has 2 nitrogen and oxygen atoms in total. The maximum atomic E-state index is 9.26. The summed E-state index contributed by atoms with van der Waals surface area (Å²) in [5.74, 6) is 0.914. The van der Waals surface area contributed by atoms with Gasteiger partial charge in [-0.3, -0.25) is 0 Å². The van der Waals surface area contributed by atoms with Gasteiger partial charge in [-0.1, -0.05) is 19.4 Å². The Kier molecular flexibility index (Phi) is 4.47. The summed E-state index contributed by atoms with van der Waals surface area (Å²) in [6.07, 6.45) is 6.49.